The number of aromatic nitrogens is 2. The van der Waals surface area contributed by atoms with Crippen LogP contribution in [0.2, 0.25) is 0 Å². The number of benzene rings is 2. The third-order valence-corrected chi connectivity index (χ3v) is 6.14. The first-order valence-corrected chi connectivity index (χ1v) is 10.8. The molecule has 0 atom stereocenters. The van der Waals surface area contributed by atoms with Crippen LogP contribution >= 0.6 is 0 Å². The molecule has 0 unspecified atom stereocenters. The van der Waals surface area contributed by atoms with Gasteiger partial charge in [0, 0.05) is 18.0 Å². The molecule has 0 bridgehead atoms. The molecule has 1 heterocycles. The number of rotatable bonds is 5. The first kappa shape index (κ1) is 20.7. The van der Waals surface area contributed by atoms with Gasteiger partial charge in [0.05, 0.1) is 17.2 Å². The van der Waals surface area contributed by atoms with Crippen molar-refractivity contribution < 1.29 is 9.53 Å². The SMILES string of the molecule is CC[C@H]1CC[C@H](c2cnc(-c3ccc(OC(=O)c4ccc(C#N)cc4)cc3)nc2)CC1. The molecule has 1 aromatic heterocycles. The highest BCUT2D eigenvalue weighted by Gasteiger charge is 2.21. The van der Waals surface area contributed by atoms with Crippen LogP contribution < -0.4 is 4.74 Å². The van der Waals surface area contributed by atoms with Crippen LogP contribution in [0.5, 0.6) is 5.75 Å². The lowest BCUT2D eigenvalue weighted by Gasteiger charge is -2.27. The number of ether oxygens (including phenoxy) is 1. The van der Waals surface area contributed by atoms with Gasteiger partial charge < -0.3 is 4.74 Å². The zero-order chi connectivity index (χ0) is 21.6. The summed E-state index contributed by atoms with van der Waals surface area (Å²) in [5.41, 5.74) is 3.00. The molecule has 1 aliphatic carbocycles. The summed E-state index contributed by atoms with van der Waals surface area (Å²) in [4.78, 5) is 21.4. The van der Waals surface area contributed by atoms with Crippen molar-refractivity contribution in [3.63, 3.8) is 0 Å². The lowest BCUT2D eigenvalue weighted by Crippen LogP contribution is -2.13. The normalized spacial score (nSPS) is 18.2. The number of carbonyl (C=O) groups excluding carboxylic acids is 1. The molecule has 4 rings (SSSR count). The van der Waals surface area contributed by atoms with Gasteiger partial charge in [0.15, 0.2) is 5.82 Å². The van der Waals surface area contributed by atoms with E-state index in [1.165, 1.54) is 37.7 Å². The molecule has 0 saturated heterocycles. The van der Waals surface area contributed by atoms with Crippen LogP contribution in [0.25, 0.3) is 11.4 Å². The maximum atomic E-state index is 12.3. The Morgan fingerprint density at radius 3 is 2.23 bits per heavy atom. The quantitative estimate of drug-likeness (QED) is 0.385. The van der Waals surface area contributed by atoms with Crippen LogP contribution in [-0.4, -0.2) is 15.9 Å². The summed E-state index contributed by atoms with van der Waals surface area (Å²) in [6.45, 7) is 2.28. The van der Waals surface area contributed by atoms with E-state index in [9.17, 15) is 4.79 Å². The van der Waals surface area contributed by atoms with Crippen molar-refractivity contribution in [3.05, 3.63) is 77.6 Å². The van der Waals surface area contributed by atoms with Crippen LogP contribution in [0.15, 0.2) is 60.9 Å². The number of nitrogens with zero attached hydrogens (tertiary/aromatic N) is 3. The van der Waals surface area contributed by atoms with Crippen molar-refractivity contribution in [2.75, 3.05) is 0 Å². The van der Waals surface area contributed by atoms with Gasteiger partial charge in [-0.05, 0) is 91.6 Å². The Bertz CT molecular complexity index is 1060. The fourth-order valence-electron chi connectivity index (χ4n) is 4.12. The van der Waals surface area contributed by atoms with Crippen LogP contribution in [-0.2, 0) is 0 Å². The minimum Gasteiger partial charge on any atom is -0.423 e. The molecule has 31 heavy (non-hydrogen) atoms. The second-order valence-electron chi connectivity index (χ2n) is 8.07. The Labute approximate surface area is 182 Å². The zero-order valence-electron chi connectivity index (χ0n) is 17.6. The Kier molecular flexibility index (Phi) is 6.37. The zero-order valence-corrected chi connectivity index (χ0v) is 17.6. The third kappa shape index (κ3) is 4.97. The molecule has 0 spiro atoms. The Morgan fingerprint density at radius 1 is 1.00 bits per heavy atom. The molecule has 0 aliphatic heterocycles. The van der Waals surface area contributed by atoms with Crippen LogP contribution in [0, 0.1) is 17.2 Å². The van der Waals surface area contributed by atoms with E-state index in [0.29, 0.717) is 28.6 Å². The van der Waals surface area contributed by atoms with Gasteiger partial charge in [0.1, 0.15) is 5.75 Å². The topological polar surface area (TPSA) is 75.9 Å². The van der Waals surface area contributed by atoms with E-state index >= 15 is 0 Å². The van der Waals surface area contributed by atoms with E-state index in [2.05, 4.69) is 16.9 Å². The van der Waals surface area contributed by atoms with E-state index in [-0.39, 0.29) is 0 Å². The Hall–Kier alpha value is -3.52. The monoisotopic (exact) mass is 411 g/mol. The van der Waals surface area contributed by atoms with Crippen LogP contribution in [0.1, 0.15) is 66.4 Å². The molecule has 1 aliphatic rings. The van der Waals surface area contributed by atoms with Gasteiger partial charge in [-0.15, -0.1) is 0 Å². The largest absolute Gasteiger partial charge is 0.423 e. The molecular weight excluding hydrogens is 386 g/mol. The van der Waals surface area contributed by atoms with Gasteiger partial charge in [-0.3, -0.25) is 0 Å². The van der Waals surface area contributed by atoms with E-state index in [1.807, 2.05) is 30.6 Å². The second-order valence-corrected chi connectivity index (χ2v) is 8.07. The molecule has 3 aromatic rings. The third-order valence-electron chi connectivity index (χ3n) is 6.14. The predicted octanol–water partition coefficient (Wildman–Crippen LogP) is 5.92. The summed E-state index contributed by atoms with van der Waals surface area (Å²) < 4.78 is 5.42. The lowest BCUT2D eigenvalue weighted by atomic mass is 9.78. The summed E-state index contributed by atoms with van der Waals surface area (Å²) in [7, 11) is 0. The van der Waals surface area contributed by atoms with Gasteiger partial charge in [-0.25, -0.2) is 14.8 Å². The van der Waals surface area contributed by atoms with Crippen molar-refractivity contribution in [1.82, 2.24) is 9.97 Å². The van der Waals surface area contributed by atoms with Crippen molar-refractivity contribution in [2.45, 2.75) is 44.9 Å². The molecule has 5 heteroatoms. The minimum absolute atomic E-state index is 0.398. The van der Waals surface area contributed by atoms with E-state index in [1.54, 1.807) is 36.4 Å². The van der Waals surface area contributed by atoms with Gasteiger partial charge in [-0.2, -0.15) is 5.26 Å². The molecule has 1 saturated carbocycles. The molecule has 2 aromatic carbocycles. The molecule has 1 fully saturated rings. The van der Waals surface area contributed by atoms with E-state index < -0.39 is 5.97 Å². The summed E-state index contributed by atoms with van der Waals surface area (Å²) in [5.74, 6) is 2.09. The number of esters is 1. The molecule has 5 nitrogen and oxygen atoms in total. The maximum Gasteiger partial charge on any atom is 0.343 e. The Morgan fingerprint density at radius 2 is 1.65 bits per heavy atom. The molecular formula is C26H25N3O2. The van der Waals surface area contributed by atoms with Gasteiger partial charge >= 0.3 is 5.97 Å². The smallest absolute Gasteiger partial charge is 0.343 e. The molecule has 0 amide bonds. The summed E-state index contributed by atoms with van der Waals surface area (Å²) in [6.07, 6.45) is 10.2. The highest BCUT2D eigenvalue weighted by atomic mass is 16.5. The van der Waals surface area contributed by atoms with Crippen molar-refractivity contribution in [3.8, 4) is 23.2 Å². The predicted molar refractivity (Wildman–Crippen MR) is 119 cm³/mol. The minimum atomic E-state index is -0.462. The highest BCUT2D eigenvalue weighted by molar-refractivity contribution is 5.91. The molecule has 156 valence electrons. The number of carbonyl (C=O) groups is 1. The maximum absolute atomic E-state index is 12.3. The second kappa shape index (κ2) is 9.53. The number of hydrogen-bond acceptors (Lipinski definition) is 5. The van der Waals surface area contributed by atoms with E-state index in [4.69, 9.17) is 10.00 Å². The van der Waals surface area contributed by atoms with Gasteiger partial charge in [0.2, 0.25) is 0 Å². The lowest BCUT2D eigenvalue weighted by molar-refractivity contribution is 0.0735. The molecule has 0 N–H and O–H groups in total. The van der Waals surface area contributed by atoms with Crippen molar-refractivity contribution in [1.29, 1.82) is 5.26 Å². The fraction of sp³-hybridized carbons (Fsp3) is 0.308. The Balaban J connectivity index is 1.38. The van der Waals surface area contributed by atoms with Crippen molar-refractivity contribution >= 4 is 5.97 Å². The number of hydrogen-bond donors (Lipinski definition) is 0. The van der Waals surface area contributed by atoms with Crippen molar-refractivity contribution in [2.24, 2.45) is 5.92 Å². The number of nitriles is 1. The van der Waals surface area contributed by atoms with Gasteiger partial charge in [0.25, 0.3) is 0 Å². The summed E-state index contributed by atoms with van der Waals surface area (Å²) in [5, 5.41) is 8.85. The fourth-order valence-corrected chi connectivity index (χ4v) is 4.12. The van der Waals surface area contributed by atoms with Gasteiger partial charge in [-0.1, -0.05) is 13.3 Å². The average molecular weight is 412 g/mol. The van der Waals surface area contributed by atoms with Crippen LogP contribution in [0.3, 0.4) is 0 Å². The van der Waals surface area contributed by atoms with Crippen LogP contribution in [0.4, 0.5) is 0 Å². The first-order chi connectivity index (χ1) is 15.2. The summed E-state index contributed by atoms with van der Waals surface area (Å²) >= 11 is 0. The standard InChI is InChI=1S/C26H25N3O2/c1-2-18-3-7-20(8-4-18)23-16-28-25(29-17-23)21-11-13-24(14-12-21)31-26(30)22-9-5-19(15-27)6-10-22/h5-6,9-14,16-18,20H,2-4,7-8H2,1H3/t18-,20-. The van der Waals surface area contributed by atoms with E-state index in [0.717, 1.165) is 11.5 Å². The highest BCUT2D eigenvalue weighted by Crippen LogP contribution is 2.36. The molecule has 0 radical (unpaired) electrons. The first-order valence-electron chi connectivity index (χ1n) is 10.8. The average Bonchev–Trinajstić information content (AvgIpc) is 2.85. The summed E-state index contributed by atoms with van der Waals surface area (Å²) in [6, 6.07) is 15.6.